The number of aliphatic hydroxyl groups excluding tert-OH is 4. The molecule has 0 spiro atoms. The normalized spacial score (nSPS) is 17.7. The number of hydrogen-bond acceptors (Lipinski definition) is 6. The molecule has 0 unspecified atom stereocenters. The van der Waals surface area contributed by atoms with Gasteiger partial charge >= 0.3 is 0 Å². The number of carbonyl (C=O) groups is 1. The fraction of sp³-hybridized carbons (Fsp3) is 0.643. The van der Waals surface area contributed by atoms with Gasteiger partial charge in [0.2, 0.25) is 0 Å². The number of aromatic nitrogens is 1. The van der Waals surface area contributed by atoms with Gasteiger partial charge in [-0.1, -0.05) is 45.4 Å². The number of ketones is 1. The van der Waals surface area contributed by atoms with Crippen LogP contribution in [-0.4, -0.2) is 56.1 Å². The highest BCUT2D eigenvalue weighted by Gasteiger charge is 2.40. The van der Waals surface area contributed by atoms with E-state index < -0.39 is 29.6 Å². The molecule has 0 saturated carbocycles. The van der Waals surface area contributed by atoms with Crippen LogP contribution in [0, 0.1) is 17.3 Å². The standard InChI is InChI=1S/C28H45NO5/c1-19(13-14-24(31)21(3)18-23-12-7-8-16-29-23)10-9-11-20(2)26(33)22(4)27(34)28(5,6)25(32)15-17-30/h7-8,12-13,16,18,20,22,24-26,30-33H,9-11,14-15,17H2,1-6H3/t20-,22+,24-,25-,26-/m0/s1. The minimum absolute atomic E-state index is 0.0633. The average molecular weight is 476 g/mol. The third-order valence-corrected chi connectivity index (χ3v) is 6.89. The lowest BCUT2D eigenvalue weighted by Gasteiger charge is -2.34. The summed E-state index contributed by atoms with van der Waals surface area (Å²) < 4.78 is 0. The second-order valence-electron chi connectivity index (χ2n) is 10.2. The monoisotopic (exact) mass is 475 g/mol. The molecule has 0 radical (unpaired) electrons. The Labute approximate surface area is 205 Å². The summed E-state index contributed by atoms with van der Waals surface area (Å²) in [6.07, 6.45) is 6.55. The number of rotatable bonds is 15. The van der Waals surface area contributed by atoms with Crippen molar-refractivity contribution in [2.75, 3.05) is 6.61 Å². The van der Waals surface area contributed by atoms with E-state index in [4.69, 9.17) is 5.11 Å². The molecule has 1 aromatic rings. The number of allylic oxidation sites excluding steroid dienone is 1. The van der Waals surface area contributed by atoms with Crippen molar-refractivity contribution in [1.82, 2.24) is 4.98 Å². The van der Waals surface area contributed by atoms with Crippen LogP contribution in [0.5, 0.6) is 0 Å². The first-order chi connectivity index (χ1) is 15.9. The fourth-order valence-electron chi connectivity index (χ4n) is 4.15. The van der Waals surface area contributed by atoms with E-state index in [1.165, 1.54) is 5.57 Å². The molecule has 1 heterocycles. The Kier molecular flexibility index (Phi) is 12.9. The second-order valence-corrected chi connectivity index (χ2v) is 10.2. The average Bonchev–Trinajstić information content (AvgIpc) is 2.81. The first-order valence-corrected chi connectivity index (χ1v) is 12.4. The van der Waals surface area contributed by atoms with Crippen LogP contribution in [0.4, 0.5) is 0 Å². The zero-order valence-electron chi connectivity index (χ0n) is 21.7. The smallest absolute Gasteiger partial charge is 0.146 e. The summed E-state index contributed by atoms with van der Waals surface area (Å²) >= 11 is 0. The third-order valence-electron chi connectivity index (χ3n) is 6.89. The molecule has 0 amide bonds. The predicted octanol–water partition coefficient (Wildman–Crippen LogP) is 4.32. The topological polar surface area (TPSA) is 111 Å². The van der Waals surface area contributed by atoms with Crippen LogP contribution in [0.3, 0.4) is 0 Å². The Morgan fingerprint density at radius 2 is 1.79 bits per heavy atom. The van der Waals surface area contributed by atoms with Crippen molar-refractivity contribution in [2.45, 2.75) is 92.0 Å². The predicted molar refractivity (Wildman–Crippen MR) is 137 cm³/mol. The van der Waals surface area contributed by atoms with Crippen LogP contribution in [0.2, 0.25) is 0 Å². The summed E-state index contributed by atoms with van der Waals surface area (Å²) in [6.45, 7) is 10.7. The van der Waals surface area contributed by atoms with E-state index >= 15 is 0 Å². The molecule has 34 heavy (non-hydrogen) atoms. The Bertz CT molecular complexity index is 802. The largest absolute Gasteiger partial charge is 0.396 e. The molecule has 0 bridgehead atoms. The molecule has 6 nitrogen and oxygen atoms in total. The van der Waals surface area contributed by atoms with Crippen molar-refractivity contribution < 1.29 is 25.2 Å². The van der Waals surface area contributed by atoms with Gasteiger partial charge in [0.15, 0.2) is 0 Å². The summed E-state index contributed by atoms with van der Waals surface area (Å²) in [4.78, 5) is 17.1. The summed E-state index contributed by atoms with van der Waals surface area (Å²) in [6, 6.07) is 5.68. The van der Waals surface area contributed by atoms with Gasteiger partial charge in [-0.2, -0.15) is 0 Å². The van der Waals surface area contributed by atoms with Crippen LogP contribution in [0.1, 0.15) is 79.3 Å². The Hall–Kier alpha value is -1.86. The molecule has 0 aromatic carbocycles. The molecule has 0 aliphatic rings. The minimum atomic E-state index is -1.02. The van der Waals surface area contributed by atoms with E-state index in [0.717, 1.165) is 30.5 Å². The van der Waals surface area contributed by atoms with Gasteiger partial charge in [0.25, 0.3) is 0 Å². The molecule has 0 saturated heterocycles. The highest BCUT2D eigenvalue weighted by molar-refractivity contribution is 5.87. The quantitative estimate of drug-likeness (QED) is 0.281. The second kappa shape index (κ2) is 14.5. The maximum Gasteiger partial charge on any atom is 0.146 e. The summed E-state index contributed by atoms with van der Waals surface area (Å²) in [5.41, 5.74) is 1.85. The number of Topliss-reactive ketones (excluding diaryl/α,β-unsaturated/α-hetero) is 1. The highest BCUT2D eigenvalue weighted by Crippen LogP contribution is 2.31. The van der Waals surface area contributed by atoms with Crippen LogP contribution >= 0.6 is 0 Å². The fourth-order valence-corrected chi connectivity index (χ4v) is 4.15. The molecule has 0 fully saturated rings. The molecular weight excluding hydrogens is 430 g/mol. The van der Waals surface area contributed by atoms with Crippen molar-refractivity contribution in [3.05, 3.63) is 47.3 Å². The Balaban J connectivity index is 2.52. The van der Waals surface area contributed by atoms with E-state index in [9.17, 15) is 20.1 Å². The molecule has 5 atom stereocenters. The van der Waals surface area contributed by atoms with Crippen molar-refractivity contribution >= 4 is 11.9 Å². The lowest BCUT2D eigenvalue weighted by molar-refractivity contribution is -0.142. The van der Waals surface area contributed by atoms with Crippen LogP contribution in [0.25, 0.3) is 6.08 Å². The Morgan fingerprint density at radius 3 is 2.38 bits per heavy atom. The van der Waals surface area contributed by atoms with Gasteiger partial charge < -0.3 is 20.4 Å². The van der Waals surface area contributed by atoms with E-state index in [0.29, 0.717) is 6.42 Å². The maximum atomic E-state index is 12.9. The molecule has 192 valence electrons. The SMILES string of the molecule is CC(=CC[C@H](O)C(C)=Cc1ccccn1)CCC[C@H](C)[C@H](O)[C@@H](C)C(=O)C(C)(C)[C@@H](O)CCO. The number of nitrogens with zero attached hydrogens (tertiary/aromatic N) is 1. The van der Waals surface area contributed by atoms with E-state index in [-0.39, 0.29) is 24.7 Å². The van der Waals surface area contributed by atoms with Crippen LogP contribution in [0.15, 0.2) is 41.6 Å². The van der Waals surface area contributed by atoms with Crippen molar-refractivity contribution in [3.8, 4) is 0 Å². The lowest BCUT2D eigenvalue weighted by atomic mass is 9.73. The zero-order valence-corrected chi connectivity index (χ0v) is 21.7. The number of hydrogen-bond donors (Lipinski definition) is 4. The summed E-state index contributed by atoms with van der Waals surface area (Å²) in [5.74, 6) is -0.849. The molecule has 4 N–H and O–H groups in total. The van der Waals surface area contributed by atoms with Gasteiger partial charge in [-0.05, 0) is 75.7 Å². The maximum absolute atomic E-state index is 12.9. The zero-order chi connectivity index (χ0) is 25.9. The van der Waals surface area contributed by atoms with Crippen molar-refractivity contribution in [1.29, 1.82) is 0 Å². The van der Waals surface area contributed by atoms with E-state index in [2.05, 4.69) is 11.1 Å². The van der Waals surface area contributed by atoms with Gasteiger partial charge in [0, 0.05) is 24.1 Å². The van der Waals surface area contributed by atoms with Crippen LogP contribution in [-0.2, 0) is 4.79 Å². The van der Waals surface area contributed by atoms with Gasteiger partial charge in [-0.15, -0.1) is 0 Å². The molecule has 6 heteroatoms. The minimum Gasteiger partial charge on any atom is -0.396 e. The molecular formula is C28H45NO5. The van der Waals surface area contributed by atoms with Crippen molar-refractivity contribution in [2.24, 2.45) is 17.3 Å². The first kappa shape index (κ1) is 30.2. The first-order valence-electron chi connectivity index (χ1n) is 12.4. The number of pyridine rings is 1. The Morgan fingerprint density at radius 1 is 1.12 bits per heavy atom. The van der Waals surface area contributed by atoms with E-state index in [1.54, 1.807) is 27.0 Å². The van der Waals surface area contributed by atoms with Gasteiger partial charge in [-0.3, -0.25) is 9.78 Å². The van der Waals surface area contributed by atoms with Gasteiger partial charge in [0.1, 0.15) is 5.78 Å². The lowest BCUT2D eigenvalue weighted by Crippen LogP contribution is -2.45. The molecule has 1 aromatic heterocycles. The summed E-state index contributed by atoms with van der Waals surface area (Å²) in [7, 11) is 0. The van der Waals surface area contributed by atoms with E-state index in [1.807, 2.05) is 45.0 Å². The van der Waals surface area contributed by atoms with Gasteiger partial charge in [0.05, 0.1) is 24.0 Å². The number of carbonyl (C=O) groups excluding carboxylic acids is 1. The number of aliphatic hydroxyl groups is 4. The van der Waals surface area contributed by atoms with Crippen LogP contribution < -0.4 is 0 Å². The summed E-state index contributed by atoms with van der Waals surface area (Å²) in [5, 5.41) is 40.5. The third kappa shape index (κ3) is 9.41. The van der Waals surface area contributed by atoms with Crippen molar-refractivity contribution in [3.63, 3.8) is 0 Å². The molecule has 1 rings (SSSR count). The highest BCUT2D eigenvalue weighted by atomic mass is 16.3. The molecule has 0 aliphatic heterocycles. The van der Waals surface area contributed by atoms with Gasteiger partial charge in [-0.25, -0.2) is 0 Å². The molecule has 0 aliphatic carbocycles.